The van der Waals surface area contributed by atoms with E-state index in [9.17, 15) is 14.9 Å². The normalized spacial score (nSPS) is 10.5. The highest BCUT2D eigenvalue weighted by atomic mass is 16.6. The topological polar surface area (TPSA) is 120 Å². The van der Waals surface area contributed by atoms with Gasteiger partial charge >= 0.3 is 0 Å². The van der Waals surface area contributed by atoms with E-state index in [1.165, 1.54) is 6.07 Å². The Hall–Kier alpha value is -3.88. The number of aryl methyl sites for hydroxylation is 2. The molecule has 1 aromatic heterocycles. The lowest BCUT2D eigenvalue weighted by molar-refractivity contribution is -0.384. The van der Waals surface area contributed by atoms with E-state index in [0.717, 1.165) is 22.6 Å². The van der Waals surface area contributed by atoms with Crippen molar-refractivity contribution in [3.05, 3.63) is 81.2 Å². The van der Waals surface area contributed by atoms with Crippen LogP contribution in [0.4, 0.5) is 11.4 Å². The molecule has 0 atom stereocenters. The van der Waals surface area contributed by atoms with Crippen LogP contribution in [0, 0.1) is 24.0 Å². The van der Waals surface area contributed by atoms with E-state index in [4.69, 9.17) is 9.26 Å². The molecule has 0 aliphatic carbocycles. The fourth-order valence-electron chi connectivity index (χ4n) is 3.00. The van der Waals surface area contributed by atoms with E-state index >= 15 is 0 Å². The molecule has 162 valence electrons. The van der Waals surface area contributed by atoms with Gasteiger partial charge < -0.3 is 19.9 Å². The molecule has 0 unspecified atom stereocenters. The average molecular weight is 424 g/mol. The van der Waals surface area contributed by atoms with E-state index in [0.29, 0.717) is 31.1 Å². The molecule has 0 aliphatic rings. The summed E-state index contributed by atoms with van der Waals surface area (Å²) in [5.41, 5.74) is 3.02. The number of nitro groups is 1. The molecule has 1 amide bonds. The van der Waals surface area contributed by atoms with Crippen molar-refractivity contribution >= 4 is 17.3 Å². The van der Waals surface area contributed by atoms with Gasteiger partial charge in [-0.3, -0.25) is 14.9 Å². The lowest BCUT2D eigenvalue weighted by Crippen LogP contribution is -2.30. The predicted octanol–water partition coefficient (Wildman–Crippen LogP) is 3.55. The Bertz CT molecular complexity index is 1030. The number of aromatic nitrogens is 1. The molecule has 9 heteroatoms. The van der Waals surface area contributed by atoms with Crippen molar-refractivity contribution in [1.29, 1.82) is 0 Å². The van der Waals surface area contributed by atoms with Crippen LogP contribution in [0.5, 0.6) is 5.75 Å². The lowest BCUT2D eigenvalue weighted by atomic mass is 10.1. The zero-order valence-electron chi connectivity index (χ0n) is 17.4. The molecular weight excluding hydrogens is 400 g/mol. The number of anilines is 1. The van der Waals surface area contributed by atoms with E-state index in [2.05, 4.69) is 15.8 Å². The third kappa shape index (κ3) is 6.05. The highest BCUT2D eigenvalue weighted by molar-refractivity contribution is 5.78. The molecule has 0 bridgehead atoms. The molecule has 2 N–H and O–H groups in total. The maximum absolute atomic E-state index is 12.1. The summed E-state index contributed by atoms with van der Waals surface area (Å²) in [6, 6.07) is 13.7. The standard InChI is InChI=1S/C22H24N4O5/c1-15-19(16(2)31-25-15)14-30-18-9-7-17(8-10-18)13-22(27)24-12-11-23-20-5-3-4-6-21(20)26(28)29/h3-10,23H,11-14H2,1-2H3,(H,24,27). The van der Waals surface area contributed by atoms with Crippen molar-refractivity contribution in [2.75, 3.05) is 18.4 Å². The third-order valence-corrected chi connectivity index (χ3v) is 4.72. The Morgan fingerprint density at radius 2 is 1.87 bits per heavy atom. The number of carbonyl (C=O) groups is 1. The zero-order valence-corrected chi connectivity index (χ0v) is 17.4. The van der Waals surface area contributed by atoms with Crippen molar-refractivity contribution < 1.29 is 19.0 Å². The smallest absolute Gasteiger partial charge is 0.292 e. The van der Waals surface area contributed by atoms with Gasteiger partial charge in [-0.2, -0.15) is 0 Å². The van der Waals surface area contributed by atoms with Crippen molar-refractivity contribution in [2.24, 2.45) is 0 Å². The van der Waals surface area contributed by atoms with Crippen LogP contribution in [-0.2, 0) is 17.8 Å². The highest BCUT2D eigenvalue weighted by Gasteiger charge is 2.12. The lowest BCUT2D eigenvalue weighted by Gasteiger charge is -2.09. The molecule has 0 saturated carbocycles. The van der Waals surface area contributed by atoms with Gasteiger partial charge in [0.15, 0.2) is 0 Å². The van der Waals surface area contributed by atoms with Crippen LogP contribution < -0.4 is 15.4 Å². The second-order valence-corrected chi connectivity index (χ2v) is 6.96. The Balaban J connectivity index is 1.41. The van der Waals surface area contributed by atoms with Crippen molar-refractivity contribution in [3.63, 3.8) is 0 Å². The molecule has 2 aromatic carbocycles. The Labute approximate surface area is 179 Å². The van der Waals surface area contributed by atoms with E-state index in [1.807, 2.05) is 38.1 Å². The van der Waals surface area contributed by atoms with Gasteiger partial charge in [-0.25, -0.2) is 0 Å². The number of amides is 1. The van der Waals surface area contributed by atoms with Crippen LogP contribution in [-0.4, -0.2) is 29.1 Å². The SMILES string of the molecule is Cc1noc(C)c1COc1ccc(CC(=O)NCCNc2ccccc2[N+](=O)[O-])cc1. The number of benzene rings is 2. The van der Waals surface area contributed by atoms with Crippen molar-refractivity contribution in [1.82, 2.24) is 10.5 Å². The minimum atomic E-state index is -0.442. The minimum Gasteiger partial charge on any atom is -0.489 e. The number of rotatable bonds is 10. The van der Waals surface area contributed by atoms with Gasteiger partial charge in [0.1, 0.15) is 23.8 Å². The second-order valence-electron chi connectivity index (χ2n) is 6.96. The monoisotopic (exact) mass is 424 g/mol. The second kappa shape index (κ2) is 10.2. The fourth-order valence-corrected chi connectivity index (χ4v) is 3.00. The van der Waals surface area contributed by atoms with Crippen LogP contribution in [0.25, 0.3) is 0 Å². The third-order valence-electron chi connectivity index (χ3n) is 4.72. The van der Waals surface area contributed by atoms with Crippen LogP contribution in [0.3, 0.4) is 0 Å². The summed E-state index contributed by atoms with van der Waals surface area (Å²) < 4.78 is 10.9. The predicted molar refractivity (Wildman–Crippen MR) is 115 cm³/mol. The summed E-state index contributed by atoms with van der Waals surface area (Å²) in [4.78, 5) is 22.7. The number of ether oxygens (including phenoxy) is 1. The van der Waals surface area contributed by atoms with E-state index in [-0.39, 0.29) is 18.0 Å². The van der Waals surface area contributed by atoms with Gasteiger partial charge in [-0.05, 0) is 37.6 Å². The maximum Gasteiger partial charge on any atom is 0.292 e. The van der Waals surface area contributed by atoms with Crippen molar-refractivity contribution in [2.45, 2.75) is 26.9 Å². The van der Waals surface area contributed by atoms with Crippen LogP contribution >= 0.6 is 0 Å². The molecule has 31 heavy (non-hydrogen) atoms. The number of carbonyl (C=O) groups excluding carboxylic acids is 1. The summed E-state index contributed by atoms with van der Waals surface area (Å²) in [6.45, 7) is 4.81. The zero-order chi connectivity index (χ0) is 22.2. The summed E-state index contributed by atoms with van der Waals surface area (Å²) in [6.07, 6.45) is 0.232. The molecule has 0 aliphatic heterocycles. The number of nitrogens with zero attached hydrogens (tertiary/aromatic N) is 2. The van der Waals surface area contributed by atoms with E-state index < -0.39 is 4.92 Å². The van der Waals surface area contributed by atoms with Gasteiger partial charge in [0.2, 0.25) is 5.91 Å². The molecule has 0 fully saturated rings. The van der Waals surface area contributed by atoms with Gasteiger partial charge in [-0.1, -0.05) is 29.4 Å². The Kier molecular flexibility index (Phi) is 7.21. The molecule has 3 rings (SSSR count). The number of para-hydroxylation sites is 2. The van der Waals surface area contributed by atoms with Gasteiger partial charge in [-0.15, -0.1) is 0 Å². The first-order valence-corrected chi connectivity index (χ1v) is 9.81. The molecule has 0 saturated heterocycles. The summed E-state index contributed by atoms with van der Waals surface area (Å²) in [5.74, 6) is 1.30. The molecular formula is C22H24N4O5. The van der Waals surface area contributed by atoms with E-state index in [1.54, 1.807) is 18.2 Å². The highest BCUT2D eigenvalue weighted by Crippen LogP contribution is 2.22. The number of hydrogen-bond donors (Lipinski definition) is 2. The first-order chi connectivity index (χ1) is 14.9. The molecule has 3 aromatic rings. The van der Waals surface area contributed by atoms with Crippen LogP contribution in [0.15, 0.2) is 53.1 Å². The summed E-state index contributed by atoms with van der Waals surface area (Å²) in [5, 5.41) is 20.7. The Morgan fingerprint density at radius 1 is 1.13 bits per heavy atom. The first-order valence-electron chi connectivity index (χ1n) is 9.81. The number of nitrogens with one attached hydrogen (secondary N) is 2. The summed E-state index contributed by atoms with van der Waals surface area (Å²) in [7, 11) is 0. The Morgan fingerprint density at radius 3 is 2.55 bits per heavy atom. The molecule has 0 spiro atoms. The van der Waals surface area contributed by atoms with Crippen molar-refractivity contribution in [3.8, 4) is 5.75 Å². The van der Waals surface area contributed by atoms with Crippen LogP contribution in [0.1, 0.15) is 22.6 Å². The maximum atomic E-state index is 12.1. The minimum absolute atomic E-state index is 0.00508. The van der Waals surface area contributed by atoms with Gasteiger partial charge in [0, 0.05) is 19.2 Å². The number of hydrogen-bond acceptors (Lipinski definition) is 7. The molecule has 9 nitrogen and oxygen atoms in total. The number of nitro benzene ring substituents is 1. The molecule has 0 radical (unpaired) electrons. The fraction of sp³-hybridized carbons (Fsp3) is 0.273. The van der Waals surface area contributed by atoms with Crippen LogP contribution in [0.2, 0.25) is 0 Å². The van der Waals surface area contributed by atoms with Gasteiger partial charge in [0.25, 0.3) is 5.69 Å². The van der Waals surface area contributed by atoms with Gasteiger partial charge in [0.05, 0.1) is 22.6 Å². The summed E-state index contributed by atoms with van der Waals surface area (Å²) >= 11 is 0. The first kappa shape index (κ1) is 21.8. The quantitative estimate of drug-likeness (QED) is 0.290. The molecule has 1 heterocycles. The average Bonchev–Trinajstić information content (AvgIpc) is 3.08. The largest absolute Gasteiger partial charge is 0.489 e.